The van der Waals surface area contributed by atoms with Crippen LogP contribution in [0.3, 0.4) is 0 Å². The zero-order valence-corrected chi connectivity index (χ0v) is 12.6. The van der Waals surface area contributed by atoms with E-state index in [4.69, 9.17) is 10.9 Å². The normalized spacial score (nSPS) is 24.1. The van der Waals surface area contributed by atoms with Crippen molar-refractivity contribution in [1.82, 2.24) is 0 Å². The average molecular weight is 297 g/mol. The fraction of sp³-hybridized carbons (Fsp3) is 0.571. The van der Waals surface area contributed by atoms with E-state index in [0.29, 0.717) is 17.4 Å². The van der Waals surface area contributed by atoms with Crippen LogP contribution in [0.2, 0.25) is 0 Å². The SMILES string of the molecule is CC1CCCC(Nc2cc(S(N)(=O)=O)ccc2N)CC1. The van der Waals surface area contributed by atoms with E-state index in [0.717, 1.165) is 18.8 Å². The Labute approximate surface area is 120 Å². The van der Waals surface area contributed by atoms with Crippen molar-refractivity contribution in [3.05, 3.63) is 18.2 Å². The highest BCUT2D eigenvalue weighted by Crippen LogP contribution is 2.28. The smallest absolute Gasteiger partial charge is 0.238 e. The molecular formula is C14H23N3O2S. The number of hydrogen-bond acceptors (Lipinski definition) is 4. The summed E-state index contributed by atoms with van der Waals surface area (Å²) in [7, 11) is -3.69. The quantitative estimate of drug-likeness (QED) is 0.589. The Morgan fingerprint density at radius 1 is 1.20 bits per heavy atom. The summed E-state index contributed by atoms with van der Waals surface area (Å²) in [6, 6.07) is 4.89. The fourth-order valence-corrected chi connectivity index (χ4v) is 3.23. The monoisotopic (exact) mass is 297 g/mol. The zero-order chi connectivity index (χ0) is 14.8. The number of nitrogens with two attached hydrogens (primary N) is 2. The van der Waals surface area contributed by atoms with Crippen molar-refractivity contribution in [3.8, 4) is 0 Å². The van der Waals surface area contributed by atoms with E-state index in [1.54, 1.807) is 6.07 Å². The first kappa shape index (κ1) is 15.1. The third kappa shape index (κ3) is 3.86. The van der Waals surface area contributed by atoms with Crippen LogP contribution in [0.1, 0.15) is 39.0 Å². The lowest BCUT2D eigenvalue weighted by molar-refractivity contribution is 0.502. The second-order valence-electron chi connectivity index (χ2n) is 5.75. The number of benzene rings is 1. The molecule has 0 aromatic heterocycles. The summed E-state index contributed by atoms with van der Waals surface area (Å²) in [5.41, 5.74) is 7.13. The molecule has 112 valence electrons. The summed E-state index contributed by atoms with van der Waals surface area (Å²) in [5.74, 6) is 0.759. The Balaban J connectivity index is 2.16. The van der Waals surface area contributed by atoms with Gasteiger partial charge in [-0.1, -0.05) is 19.8 Å². The molecular weight excluding hydrogens is 274 g/mol. The Morgan fingerprint density at radius 3 is 2.65 bits per heavy atom. The van der Waals surface area contributed by atoms with E-state index < -0.39 is 10.0 Å². The lowest BCUT2D eigenvalue weighted by Crippen LogP contribution is -2.20. The maximum atomic E-state index is 11.4. The van der Waals surface area contributed by atoms with Gasteiger partial charge in [0.1, 0.15) is 0 Å². The molecule has 0 aliphatic heterocycles. The number of anilines is 2. The summed E-state index contributed by atoms with van der Waals surface area (Å²) >= 11 is 0. The van der Waals surface area contributed by atoms with Crippen molar-refractivity contribution in [1.29, 1.82) is 0 Å². The predicted molar refractivity (Wildman–Crippen MR) is 81.9 cm³/mol. The first-order valence-corrected chi connectivity index (χ1v) is 8.60. The molecule has 20 heavy (non-hydrogen) atoms. The standard InChI is InChI=1S/C14H23N3O2S/c1-10-3-2-4-11(6-5-10)17-14-9-12(20(16,18)19)7-8-13(14)15/h7-11,17H,2-6,15H2,1H3,(H2,16,18,19). The summed E-state index contributed by atoms with van der Waals surface area (Å²) in [4.78, 5) is 0.0937. The van der Waals surface area contributed by atoms with Crippen LogP contribution in [-0.4, -0.2) is 14.5 Å². The lowest BCUT2D eigenvalue weighted by atomic mass is 10.0. The van der Waals surface area contributed by atoms with Crippen molar-refractivity contribution in [3.63, 3.8) is 0 Å². The molecule has 1 aromatic carbocycles. The van der Waals surface area contributed by atoms with Crippen LogP contribution < -0.4 is 16.2 Å². The third-order valence-corrected chi connectivity index (χ3v) is 4.88. The first-order chi connectivity index (χ1) is 9.36. The number of nitrogen functional groups attached to an aromatic ring is 1. The molecule has 2 rings (SSSR count). The summed E-state index contributed by atoms with van der Waals surface area (Å²) < 4.78 is 22.8. The second kappa shape index (κ2) is 6.01. The maximum Gasteiger partial charge on any atom is 0.238 e. The predicted octanol–water partition coefficient (Wildman–Crippen LogP) is 2.30. The van der Waals surface area contributed by atoms with Gasteiger partial charge in [0.2, 0.25) is 10.0 Å². The lowest BCUT2D eigenvalue weighted by Gasteiger charge is -2.19. The molecule has 0 spiro atoms. The average Bonchev–Trinajstić information content (AvgIpc) is 2.56. The van der Waals surface area contributed by atoms with Gasteiger partial charge in [-0.3, -0.25) is 0 Å². The Kier molecular flexibility index (Phi) is 4.55. The van der Waals surface area contributed by atoms with Crippen LogP contribution in [0.4, 0.5) is 11.4 Å². The zero-order valence-electron chi connectivity index (χ0n) is 11.8. The van der Waals surface area contributed by atoms with Gasteiger partial charge in [0.15, 0.2) is 0 Å². The molecule has 2 atom stereocenters. The van der Waals surface area contributed by atoms with Gasteiger partial charge >= 0.3 is 0 Å². The Hall–Kier alpha value is -1.27. The number of nitrogens with one attached hydrogen (secondary N) is 1. The number of rotatable bonds is 3. The maximum absolute atomic E-state index is 11.4. The van der Waals surface area contributed by atoms with E-state index in [-0.39, 0.29) is 4.90 Å². The van der Waals surface area contributed by atoms with E-state index in [9.17, 15) is 8.42 Å². The number of hydrogen-bond donors (Lipinski definition) is 3. The molecule has 1 aliphatic carbocycles. The van der Waals surface area contributed by atoms with Crippen LogP contribution in [-0.2, 0) is 10.0 Å². The summed E-state index contributed by atoms with van der Waals surface area (Å²) in [6.45, 7) is 2.28. The third-order valence-electron chi connectivity index (χ3n) is 3.97. The summed E-state index contributed by atoms with van der Waals surface area (Å²) in [6.07, 6.45) is 5.80. The highest BCUT2D eigenvalue weighted by Gasteiger charge is 2.18. The molecule has 0 heterocycles. The van der Waals surface area contributed by atoms with Crippen molar-refractivity contribution in [2.24, 2.45) is 11.1 Å². The van der Waals surface area contributed by atoms with E-state index in [2.05, 4.69) is 12.2 Å². The van der Waals surface area contributed by atoms with Crippen molar-refractivity contribution < 1.29 is 8.42 Å². The van der Waals surface area contributed by atoms with Gasteiger partial charge < -0.3 is 11.1 Å². The summed E-state index contributed by atoms with van der Waals surface area (Å²) in [5, 5.41) is 8.53. The highest BCUT2D eigenvalue weighted by atomic mass is 32.2. The van der Waals surface area contributed by atoms with Crippen LogP contribution in [0.15, 0.2) is 23.1 Å². The largest absolute Gasteiger partial charge is 0.397 e. The molecule has 0 amide bonds. The number of sulfonamides is 1. The molecule has 6 heteroatoms. The van der Waals surface area contributed by atoms with Gasteiger partial charge in [-0.2, -0.15) is 0 Å². The molecule has 1 fully saturated rings. The van der Waals surface area contributed by atoms with Crippen molar-refractivity contribution in [2.75, 3.05) is 11.1 Å². The van der Waals surface area contributed by atoms with E-state index in [1.165, 1.54) is 31.4 Å². The Bertz CT molecular complexity index is 572. The van der Waals surface area contributed by atoms with Crippen molar-refractivity contribution >= 4 is 21.4 Å². The highest BCUT2D eigenvalue weighted by molar-refractivity contribution is 7.89. The van der Waals surface area contributed by atoms with Gasteiger partial charge in [0, 0.05) is 6.04 Å². The number of primary sulfonamides is 1. The molecule has 0 radical (unpaired) electrons. The van der Waals surface area contributed by atoms with Gasteiger partial charge in [0.25, 0.3) is 0 Å². The van der Waals surface area contributed by atoms with E-state index >= 15 is 0 Å². The molecule has 2 unspecified atom stereocenters. The molecule has 5 nitrogen and oxygen atoms in total. The molecule has 0 saturated heterocycles. The molecule has 5 N–H and O–H groups in total. The fourth-order valence-electron chi connectivity index (χ4n) is 2.69. The second-order valence-corrected chi connectivity index (χ2v) is 7.31. The minimum atomic E-state index is -3.69. The van der Waals surface area contributed by atoms with Gasteiger partial charge in [-0.15, -0.1) is 0 Å². The van der Waals surface area contributed by atoms with E-state index in [1.807, 2.05) is 0 Å². The van der Waals surface area contributed by atoms with Gasteiger partial charge in [-0.05, 0) is 43.4 Å². The minimum absolute atomic E-state index is 0.0937. The molecule has 1 aliphatic rings. The van der Waals surface area contributed by atoms with Crippen LogP contribution >= 0.6 is 0 Å². The van der Waals surface area contributed by atoms with Crippen LogP contribution in [0.5, 0.6) is 0 Å². The topological polar surface area (TPSA) is 98.2 Å². The molecule has 1 saturated carbocycles. The molecule has 0 bridgehead atoms. The minimum Gasteiger partial charge on any atom is -0.397 e. The van der Waals surface area contributed by atoms with Gasteiger partial charge in [0.05, 0.1) is 16.3 Å². The van der Waals surface area contributed by atoms with Crippen LogP contribution in [0, 0.1) is 5.92 Å². The van der Waals surface area contributed by atoms with Crippen LogP contribution in [0.25, 0.3) is 0 Å². The van der Waals surface area contributed by atoms with Gasteiger partial charge in [-0.25, -0.2) is 13.6 Å². The molecule has 1 aromatic rings. The first-order valence-electron chi connectivity index (χ1n) is 7.05. The van der Waals surface area contributed by atoms with Crippen molar-refractivity contribution in [2.45, 2.75) is 50.0 Å². The Morgan fingerprint density at radius 2 is 1.95 bits per heavy atom.